The van der Waals surface area contributed by atoms with Crippen molar-refractivity contribution in [3.63, 3.8) is 0 Å². The summed E-state index contributed by atoms with van der Waals surface area (Å²) in [5, 5.41) is 6.91. The molecule has 0 bridgehead atoms. The zero-order valence-electron chi connectivity index (χ0n) is 10.6. The predicted octanol–water partition coefficient (Wildman–Crippen LogP) is 2.55. The molecule has 2 rings (SSSR count). The minimum absolute atomic E-state index is 0.999. The highest BCUT2D eigenvalue weighted by Gasteiger charge is 2.14. The summed E-state index contributed by atoms with van der Waals surface area (Å²) in [5.74, 6) is 2.00. The summed E-state index contributed by atoms with van der Waals surface area (Å²) in [7, 11) is 0. The van der Waals surface area contributed by atoms with Crippen molar-refractivity contribution < 1.29 is 0 Å². The van der Waals surface area contributed by atoms with Crippen LogP contribution in [0.1, 0.15) is 51.4 Å². The first-order valence-electron chi connectivity index (χ1n) is 7.36. The molecule has 2 aliphatic rings. The summed E-state index contributed by atoms with van der Waals surface area (Å²) in [6, 6.07) is 0. The summed E-state index contributed by atoms with van der Waals surface area (Å²) in [4.78, 5) is 0. The van der Waals surface area contributed by atoms with Crippen molar-refractivity contribution in [3.8, 4) is 0 Å². The van der Waals surface area contributed by atoms with Crippen LogP contribution in [0.3, 0.4) is 0 Å². The Balaban J connectivity index is 1.37. The van der Waals surface area contributed by atoms with Crippen LogP contribution in [0.2, 0.25) is 0 Å². The van der Waals surface area contributed by atoms with Crippen molar-refractivity contribution in [3.05, 3.63) is 0 Å². The molecule has 2 heterocycles. The smallest absolute Gasteiger partial charge is 0.00200 e. The monoisotopic (exact) mass is 224 g/mol. The van der Waals surface area contributed by atoms with E-state index in [9.17, 15) is 0 Å². The van der Waals surface area contributed by atoms with Crippen LogP contribution in [0.5, 0.6) is 0 Å². The van der Waals surface area contributed by atoms with Crippen molar-refractivity contribution in [1.29, 1.82) is 0 Å². The normalized spacial score (nSPS) is 30.0. The van der Waals surface area contributed by atoms with Gasteiger partial charge in [0.05, 0.1) is 0 Å². The third kappa shape index (κ3) is 4.42. The van der Waals surface area contributed by atoms with Crippen LogP contribution in [-0.2, 0) is 0 Å². The fourth-order valence-corrected chi connectivity index (χ4v) is 3.14. The topological polar surface area (TPSA) is 24.1 Å². The van der Waals surface area contributed by atoms with Crippen LogP contribution in [0.25, 0.3) is 0 Å². The van der Waals surface area contributed by atoms with Gasteiger partial charge in [-0.3, -0.25) is 0 Å². The third-order valence-electron chi connectivity index (χ3n) is 4.30. The zero-order chi connectivity index (χ0) is 11.1. The fourth-order valence-electron chi connectivity index (χ4n) is 3.14. The molecule has 0 aromatic heterocycles. The Hall–Kier alpha value is -0.0800. The Morgan fingerprint density at radius 1 is 0.688 bits per heavy atom. The lowest BCUT2D eigenvalue weighted by Crippen LogP contribution is -2.09. The van der Waals surface area contributed by atoms with E-state index in [0.29, 0.717) is 0 Å². The molecule has 2 unspecified atom stereocenters. The summed E-state index contributed by atoms with van der Waals surface area (Å²) >= 11 is 0. The molecule has 0 aromatic carbocycles. The van der Waals surface area contributed by atoms with Gasteiger partial charge in [-0.15, -0.1) is 0 Å². The van der Waals surface area contributed by atoms with Gasteiger partial charge in [0.25, 0.3) is 0 Å². The Labute approximate surface area is 101 Å². The Bertz CT molecular complexity index is 150. The lowest BCUT2D eigenvalue weighted by Gasteiger charge is -2.09. The maximum absolute atomic E-state index is 3.45. The average Bonchev–Trinajstić information content (AvgIpc) is 2.96. The Morgan fingerprint density at radius 2 is 1.19 bits per heavy atom. The van der Waals surface area contributed by atoms with Crippen molar-refractivity contribution in [2.45, 2.75) is 51.4 Å². The molecule has 0 aromatic rings. The van der Waals surface area contributed by atoms with Gasteiger partial charge in [-0.25, -0.2) is 0 Å². The molecule has 0 amide bonds. The Morgan fingerprint density at radius 3 is 1.56 bits per heavy atom. The first kappa shape index (κ1) is 12.4. The molecule has 2 nitrogen and oxygen atoms in total. The molecule has 2 N–H and O–H groups in total. The maximum atomic E-state index is 3.45. The van der Waals surface area contributed by atoms with E-state index in [4.69, 9.17) is 0 Å². The highest BCUT2D eigenvalue weighted by Crippen LogP contribution is 2.19. The second kappa shape index (κ2) is 7.29. The molecule has 2 heteroatoms. The van der Waals surface area contributed by atoms with Crippen molar-refractivity contribution in [1.82, 2.24) is 10.6 Å². The van der Waals surface area contributed by atoms with Gasteiger partial charge in [0.1, 0.15) is 0 Å². The number of rotatable bonds is 7. The summed E-state index contributed by atoms with van der Waals surface area (Å²) in [6.45, 7) is 5.10. The molecule has 0 saturated carbocycles. The molecule has 2 aliphatic heterocycles. The van der Waals surface area contributed by atoms with Gasteiger partial charge in [0.2, 0.25) is 0 Å². The maximum Gasteiger partial charge on any atom is -0.00200 e. The quantitative estimate of drug-likeness (QED) is 0.649. The van der Waals surface area contributed by atoms with E-state index in [0.717, 1.165) is 11.8 Å². The fraction of sp³-hybridized carbons (Fsp3) is 1.00. The second-order valence-corrected chi connectivity index (χ2v) is 5.71. The van der Waals surface area contributed by atoms with Crippen LogP contribution in [-0.4, -0.2) is 26.2 Å². The Kier molecular flexibility index (Phi) is 5.64. The molecule has 16 heavy (non-hydrogen) atoms. The van der Waals surface area contributed by atoms with Crippen LogP contribution in [0, 0.1) is 11.8 Å². The highest BCUT2D eigenvalue weighted by molar-refractivity contribution is 4.72. The van der Waals surface area contributed by atoms with Gasteiger partial charge >= 0.3 is 0 Å². The molecule has 2 atom stereocenters. The van der Waals surface area contributed by atoms with E-state index >= 15 is 0 Å². The molecule has 0 radical (unpaired) electrons. The molecule has 0 aliphatic carbocycles. The van der Waals surface area contributed by atoms with E-state index in [1.54, 1.807) is 0 Å². The van der Waals surface area contributed by atoms with E-state index in [-0.39, 0.29) is 0 Å². The minimum atomic E-state index is 0.999. The largest absolute Gasteiger partial charge is 0.316 e. The second-order valence-electron chi connectivity index (χ2n) is 5.71. The van der Waals surface area contributed by atoms with Crippen LogP contribution in [0.4, 0.5) is 0 Å². The zero-order valence-corrected chi connectivity index (χ0v) is 10.6. The van der Waals surface area contributed by atoms with Gasteiger partial charge in [-0.05, 0) is 63.7 Å². The van der Waals surface area contributed by atoms with Gasteiger partial charge in [-0.2, -0.15) is 0 Å². The molecular formula is C14H28N2. The van der Waals surface area contributed by atoms with Gasteiger partial charge in [0.15, 0.2) is 0 Å². The van der Waals surface area contributed by atoms with Crippen LogP contribution >= 0.6 is 0 Å². The number of hydrogen-bond acceptors (Lipinski definition) is 2. The van der Waals surface area contributed by atoms with Crippen molar-refractivity contribution in [2.24, 2.45) is 11.8 Å². The average molecular weight is 224 g/mol. The van der Waals surface area contributed by atoms with E-state index in [2.05, 4.69) is 10.6 Å². The van der Waals surface area contributed by atoms with Crippen molar-refractivity contribution >= 4 is 0 Å². The summed E-state index contributed by atoms with van der Waals surface area (Å²) < 4.78 is 0. The van der Waals surface area contributed by atoms with Crippen molar-refractivity contribution in [2.75, 3.05) is 26.2 Å². The SMILES string of the molecule is C(CCCC1CCNC1)CCC1CCNC1. The first-order chi connectivity index (χ1) is 7.95. The van der Waals surface area contributed by atoms with Crippen LogP contribution in [0.15, 0.2) is 0 Å². The van der Waals surface area contributed by atoms with E-state index in [1.807, 2.05) is 0 Å². The summed E-state index contributed by atoms with van der Waals surface area (Å²) in [5.41, 5.74) is 0. The van der Waals surface area contributed by atoms with Gasteiger partial charge in [0, 0.05) is 0 Å². The van der Waals surface area contributed by atoms with E-state index in [1.165, 1.54) is 77.5 Å². The standard InChI is InChI=1S/C14H28N2/c1(3-5-13-7-9-15-11-13)2-4-6-14-8-10-16-12-14/h13-16H,1-12H2. The van der Waals surface area contributed by atoms with Gasteiger partial charge in [-0.1, -0.05) is 25.7 Å². The molecule has 2 saturated heterocycles. The predicted molar refractivity (Wildman–Crippen MR) is 69.7 cm³/mol. The molecule has 0 spiro atoms. The molecule has 2 fully saturated rings. The molecule has 94 valence electrons. The first-order valence-corrected chi connectivity index (χ1v) is 7.36. The van der Waals surface area contributed by atoms with E-state index < -0.39 is 0 Å². The molecular weight excluding hydrogens is 196 g/mol. The highest BCUT2D eigenvalue weighted by atomic mass is 14.9. The number of nitrogens with one attached hydrogen (secondary N) is 2. The minimum Gasteiger partial charge on any atom is -0.316 e. The third-order valence-corrected chi connectivity index (χ3v) is 4.30. The summed E-state index contributed by atoms with van der Waals surface area (Å²) in [6.07, 6.45) is 11.7. The number of hydrogen-bond donors (Lipinski definition) is 2. The lowest BCUT2D eigenvalue weighted by atomic mass is 9.97. The van der Waals surface area contributed by atoms with Gasteiger partial charge < -0.3 is 10.6 Å². The van der Waals surface area contributed by atoms with Crippen LogP contribution < -0.4 is 10.6 Å². The number of unbranched alkanes of at least 4 members (excludes halogenated alkanes) is 3. The lowest BCUT2D eigenvalue weighted by molar-refractivity contribution is 0.457.